The first-order chi connectivity index (χ1) is 13.3. The van der Waals surface area contributed by atoms with Gasteiger partial charge in [0.1, 0.15) is 6.29 Å². The van der Waals surface area contributed by atoms with E-state index < -0.39 is 14.5 Å². The number of hydrogen-bond acceptors (Lipinski definition) is 2. The Morgan fingerprint density at radius 3 is 1.56 bits per heavy atom. The minimum absolute atomic E-state index is 0.0830. The Hall–Kier alpha value is 0.452. The molecule has 0 saturated carbocycles. The Labute approximate surface area is 176 Å². The molecule has 0 aromatic heterocycles. The molecule has 1 unspecified atom stereocenters. The van der Waals surface area contributed by atoms with E-state index in [9.17, 15) is 0 Å². The summed E-state index contributed by atoms with van der Waals surface area (Å²) >= 11 is -1.11. The number of unbranched alkanes of at least 4 members (excludes halogenated alkanes) is 11. The maximum atomic E-state index is 6.61. The van der Waals surface area contributed by atoms with Crippen molar-refractivity contribution in [1.82, 2.24) is 0 Å². The minimum atomic E-state index is -1.11. The summed E-state index contributed by atoms with van der Waals surface area (Å²) in [6, 6.07) is 0. The normalized spacial score (nSPS) is 12.4. The molecule has 0 radical (unpaired) electrons. The van der Waals surface area contributed by atoms with Crippen molar-refractivity contribution in [3.63, 3.8) is 0 Å². The number of ether oxygens (including phenoxy) is 1. The van der Waals surface area contributed by atoms with Gasteiger partial charge in [-0.3, -0.25) is 0 Å². The Kier molecular flexibility index (Phi) is 23.1. The monoisotopic (exact) mass is 398 g/mol. The van der Waals surface area contributed by atoms with Gasteiger partial charge in [0.25, 0.3) is 0 Å². The van der Waals surface area contributed by atoms with Gasteiger partial charge in [0.2, 0.25) is 0 Å². The van der Waals surface area contributed by atoms with Crippen LogP contribution in [-0.2, 0) is 8.53 Å². The van der Waals surface area contributed by atoms with E-state index in [-0.39, 0.29) is 6.29 Å². The van der Waals surface area contributed by atoms with Crippen molar-refractivity contribution in [3.8, 4) is 0 Å². The van der Waals surface area contributed by atoms with Crippen LogP contribution in [0.1, 0.15) is 130 Å². The molecule has 0 N–H and O–H groups in total. The van der Waals surface area contributed by atoms with Gasteiger partial charge in [0, 0.05) is 6.61 Å². The van der Waals surface area contributed by atoms with Crippen molar-refractivity contribution < 1.29 is 8.53 Å². The summed E-state index contributed by atoms with van der Waals surface area (Å²) in [5.74, 6) is 0. The second kappa shape index (κ2) is 22.7. The molecule has 2 nitrogen and oxygen atoms in total. The summed E-state index contributed by atoms with van der Waals surface area (Å²) in [5.41, 5.74) is 0. The van der Waals surface area contributed by atoms with Crippen LogP contribution in [0, 0.1) is 0 Å². The molecule has 0 spiro atoms. The quantitative estimate of drug-likeness (QED) is 0.103. The van der Waals surface area contributed by atoms with E-state index in [1.165, 1.54) is 100 Å². The molecule has 0 aromatic carbocycles. The fourth-order valence-corrected chi connectivity index (χ4v) is 6.31. The summed E-state index contributed by atoms with van der Waals surface area (Å²) in [6.45, 7) is 10.0. The van der Waals surface area contributed by atoms with Crippen molar-refractivity contribution in [3.05, 3.63) is 0 Å². The Balaban J connectivity index is 4.17. The molecule has 162 valence electrons. The van der Waals surface area contributed by atoms with E-state index in [0.29, 0.717) is 0 Å². The third-order valence-electron chi connectivity index (χ3n) is 5.43. The molecular weight excluding hydrogens is 347 g/mol. The highest BCUT2D eigenvalue weighted by Crippen LogP contribution is 2.18. The first-order valence-electron chi connectivity index (χ1n) is 12.5. The molecule has 0 bridgehead atoms. The maximum Gasteiger partial charge on any atom is 0.462 e. The molecule has 27 heavy (non-hydrogen) atoms. The molecule has 0 aliphatic heterocycles. The van der Waals surface area contributed by atoms with Crippen molar-refractivity contribution in [1.29, 1.82) is 0 Å². The Morgan fingerprint density at radius 2 is 1.04 bits per heavy atom. The predicted octanol–water partition coefficient (Wildman–Crippen LogP) is 8.66. The summed E-state index contributed by atoms with van der Waals surface area (Å²) < 4.78 is 12.8. The van der Waals surface area contributed by atoms with Gasteiger partial charge in [0.05, 0.1) is 0 Å². The van der Waals surface area contributed by atoms with Gasteiger partial charge in [-0.1, -0.05) is 128 Å². The molecule has 0 amide bonds. The summed E-state index contributed by atoms with van der Waals surface area (Å²) in [5, 5.41) is 2.71. The Morgan fingerprint density at radius 1 is 0.556 bits per heavy atom. The highest BCUT2D eigenvalue weighted by Gasteiger charge is 2.24. The SMILES string of the molecule is CCCCCCCCOC(CCC)[O][Al]([CH2]CCCCC)[CH2]CCCCC. The van der Waals surface area contributed by atoms with Crippen LogP contribution < -0.4 is 0 Å². The zero-order valence-electron chi connectivity index (χ0n) is 19.4. The van der Waals surface area contributed by atoms with Gasteiger partial charge in [-0.05, 0) is 12.8 Å². The van der Waals surface area contributed by atoms with Crippen LogP contribution in [0.2, 0.25) is 10.6 Å². The minimum Gasteiger partial charge on any atom is -0.478 e. The third-order valence-corrected chi connectivity index (χ3v) is 8.22. The predicted molar refractivity (Wildman–Crippen MR) is 123 cm³/mol. The Bertz CT molecular complexity index is 261. The van der Waals surface area contributed by atoms with E-state index in [2.05, 4.69) is 27.7 Å². The zero-order chi connectivity index (χ0) is 20.0. The third kappa shape index (κ3) is 19.5. The van der Waals surface area contributed by atoms with Crippen LogP contribution in [0.5, 0.6) is 0 Å². The molecule has 0 heterocycles. The van der Waals surface area contributed by atoms with Gasteiger partial charge < -0.3 is 8.53 Å². The smallest absolute Gasteiger partial charge is 0.462 e. The topological polar surface area (TPSA) is 18.5 Å². The van der Waals surface area contributed by atoms with Crippen LogP contribution >= 0.6 is 0 Å². The average Bonchev–Trinajstić information content (AvgIpc) is 2.67. The number of rotatable bonds is 22. The van der Waals surface area contributed by atoms with Gasteiger partial charge in [0.15, 0.2) is 0 Å². The summed E-state index contributed by atoms with van der Waals surface area (Å²) in [7, 11) is 0. The lowest BCUT2D eigenvalue weighted by Crippen LogP contribution is -2.28. The van der Waals surface area contributed by atoms with Crippen LogP contribution in [0.3, 0.4) is 0 Å². The molecule has 3 heteroatoms. The highest BCUT2D eigenvalue weighted by molar-refractivity contribution is 6.51. The van der Waals surface area contributed by atoms with Gasteiger partial charge in [-0.15, -0.1) is 0 Å². The molecule has 0 aromatic rings. The average molecular weight is 399 g/mol. The summed E-state index contributed by atoms with van der Waals surface area (Å²) in [6.07, 6.45) is 21.2. The zero-order valence-corrected chi connectivity index (χ0v) is 20.6. The molecule has 1 atom stereocenters. The van der Waals surface area contributed by atoms with E-state index in [1.54, 1.807) is 0 Å². The van der Waals surface area contributed by atoms with Crippen molar-refractivity contribution in [2.75, 3.05) is 6.61 Å². The van der Waals surface area contributed by atoms with Crippen molar-refractivity contribution in [2.24, 2.45) is 0 Å². The van der Waals surface area contributed by atoms with Crippen LogP contribution in [0.25, 0.3) is 0 Å². The molecular formula is C24H51AlO2. The van der Waals surface area contributed by atoms with Crippen LogP contribution in [0.15, 0.2) is 0 Å². The second-order valence-electron chi connectivity index (χ2n) is 8.31. The van der Waals surface area contributed by atoms with Crippen LogP contribution in [-0.4, -0.2) is 27.4 Å². The van der Waals surface area contributed by atoms with E-state index >= 15 is 0 Å². The molecule has 0 aliphatic rings. The fourth-order valence-electron chi connectivity index (χ4n) is 3.62. The maximum absolute atomic E-state index is 6.61. The van der Waals surface area contributed by atoms with Crippen LogP contribution in [0.4, 0.5) is 0 Å². The first-order valence-corrected chi connectivity index (χ1v) is 14.7. The lowest BCUT2D eigenvalue weighted by Gasteiger charge is -2.23. The number of hydrogen-bond donors (Lipinski definition) is 0. The summed E-state index contributed by atoms with van der Waals surface area (Å²) in [4.78, 5) is 0. The van der Waals surface area contributed by atoms with Gasteiger partial charge in [-0.2, -0.15) is 0 Å². The fraction of sp³-hybridized carbons (Fsp3) is 1.00. The van der Waals surface area contributed by atoms with Crippen molar-refractivity contribution in [2.45, 2.75) is 147 Å². The highest BCUT2D eigenvalue weighted by atomic mass is 27.2. The largest absolute Gasteiger partial charge is 0.478 e. The molecule has 0 aliphatic carbocycles. The molecule has 0 rings (SSSR count). The first kappa shape index (κ1) is 27.5. The molecule has 0 fully saturated rings. The van der Waals surface area contributed by atoms with E-state index in [4.69, 9.17) is 8.53 Å². The lowest BCUT2D eigenvalue weighted by atomic mass is 10.1. The van der Waals surface area contributed by atoms with Gasteiger partial charge in [-0.25, -0.2) is 0 Å². The van der Waals surface area contributed by atoms with E-state index in [0.717, 1.165) is 19.4 Å². The van der Waals surface area contributed by atoms with Crippen molar-refractivity contribution >= 4 is 14.5 Å². The second-order valence-corrected chi connectivity index (χ2v) is 11.0. The lowest BCUT2D eigenvalue weighted by molar-refractivity contribution is -0.0889. The van der Waals surface area contributed by atoms with E-state index in [1.807, 2.05) is 0 Å². The standard InChI is InChI=1S/C12H25O2.2C6H13.Al/c1-3-5-6-7-8-9-11-14-12(13)10-4-2;2*1-3-5-6-4-2;/h12H,3-11H2,1-2H3;2*1,3-6H2,2H3;/q-1;;;+1. The van der Waals surface area contributed by atoms with Gasteiger partial charge >= 0.3 is 14.5 Å². The molecule has 0 saturated heterocycles.